The summed E-state index contributed by atoms with van der Waals surface area (Å²) >= 11 is 0. The third kappa shape index (κ3) is 3.49. The molecule has 1 aromatic carbocycles. The van der Waals surface area contributed by atoms with Crippen LogP contribution in [0, 0.1) is 11.3 Å². The number of benzene rings is 1. The fraction of sp³-hybridized carbons (Fsp3) is 0.636. The Balaban J connectivity index is 1.55. The smallest absolute Gasteiger partial charge is 0.253 e. The van der Waals surface area contributed by atoms with Crippen molar-refractivity contribution < 1.29 is 14.3 Å². The second kappa shape index (κ2) is 7.63. The highest BCUT2D eigenvalue weighted by Crippen LogP contribution is 2.45. The molecule has 146 valence electrons. The van der Waals surface area contributed by atoms with E-state index in [-0.39, 0.29) is 23.1 Å². The lowest BCUT2D eigenvalue weighted by atomic mass is 9.71. The molecule has 3 saturated heterocycles. The molecule has 0 radical (unpaired) electrons. The first-order valence-corrected chi connectivity index (χ1v) is 10.4. The number of likely N-dealkylation sites (tertiary alicyclic amines) is 2. The molecule has 4 rings (SSSR count). The van der Waals surface area contributed by atoms with Crippen LogP contribution < -0.4 is 0 Å². The number of hydrogen-bond donors (Lipinski definition) is 0. The van der Waals surface area contributed by atoms with Gasteiger partial charge in [-0.05, 0) is 49.8 Å². The lowest BCUT2D eigenvalue weighted by molar-refractivity contribution is -0.139. The van der Waals surface area contributed by atoms with E-state index >= 15 is 0 Å². The molecule has 5 nitrogen and oxygen atoms in total. The molecule has 0 unspecified atom stereocenters. The number of ether oxygens (including phenoxy) is 1. The summed E-state index contributed by atoms with van der Waals surface area (Å²) in [6, 6.07) is 7.90. The van der Waals surface area contributed by atoms with Crippen molar-refractivity contribution in [3.05, 3.63) is 35.4 Å². The zero-order chi connectivity index (χ0) is 18.9. The molecule has 0 N–H and O–H groups in total. The maximum atomic E-state index is 13.3. The van der Waals surface area contributed by atoms with E-state index in [4.69, 9.17) is 4.74 Å². The molecule has 3 aliphatic heterocycles. The van der Waals surface area contributed by atoms with Crippen molar-refractivity contribution in [2.75, 3.05) is 39.4 Å². The van der Waals surface area contributed by atoms with Crippen molar-refractivity contribution in [3.8, 4) is 0 Å². The number of aryl methyl sites for hydroxylation is 1. The van der Waals surface area contributed by atoms with E-state index < -0.39 is 0 Å². The van der Waals surface area contributed by atoms with Gasteiger partial charge in [0.2, 0.25) is 5.91 Å². The molecule has 3 aliphatic rings. The Morgan fingerprint density at radius 3 is 2.37 bits per heavy atom. The normalized spacial score (nSPS) is 24.6. The minimum atomic E-state index is -0.114. The standard InChI is InChI=1S/C22H30N2O3/c1-2-17-5-7-18(8-6-17)20(25)24-15-19(21(26)23-11-3-4-12-23)22(16-24)9-13-27-14-10-22/h5-8,19H,2-4,9-16H2,1H3/t19-/m0/s1. The highest BCUT2D eigenvalue weighted by atomic mass is 16.5. The summed E-state index contributed by atoms with van der Waals surface area (Å²) in [6.07, 6.45) is 4.90. The summed E-state index contributed by atoms with van der Waals surface area (Å²) in [6.45, 7) is 6.45. The number of nitrogens with zero attached hydrogens (tertiary/aromatic N) is 2. The molecule has 0 aromatic heterocycles. The maximum absolute atomic E-state index is 13.3. The van der Waals surface area contributed by atoms with Crippen LogP contribution in [0.1, 0.15) is 48.5 Å². The van der Waals surface area contributed by atoms with E-state index in [1.165, 1.54) is 5.56 Å². The largest absolute Gasteiger partial charge is 0.381 e. The molecule has 3 heterocycles. The van der Waals surface area contributed by atoms with E-state index in [1.807, 2.05) is 34.1 Å². The van der Waals surface area contributed by atoms with Crippen LogP contribution in [0.4, 0.5) is 0 Å². The van der Waals surface area contributed by atoms with Gasteiger partial charge >= 0.3 is 0 Å². The van der Waals surface area contributed by atoms with Gasteiger partial charge in [-0.1, -0.05) is 19.1 Å². The van der Waals surface area contributed by atoms with Crippen LogP contribution in [0.2, 0.25) is 0 Å². The van der Waals surface area contributed by atoms with Gasteiger partial charge in [-0.2, -0.15) is 0 Å². The number of carbonyl (C=O) groups is 2. The first-order valence-electron chi connectivity index (χ1n) is 10.4. The van der Waals surface area contributed by atoms with E-state index in [0.717, 1.165) is 50.8 Å². The zero-order valence-electron chi connectivity index (χ0n) is 16.3. The van der Waals surface area contributed by atoms with Gasteiger partial charge in [-0.15, -0.1) is 0 Å². The van der Waals surface area contributed by atoms with Gasteiger partial charge in [-0.25, -0.2) is 0 Å². The minimum absolute atomic E-state index is 0.0558. The van der Waals surface area contributed by atoms with E-state index in [2.05, 4.69) is 6.92 Å². The van der Waals surface area contributed by atoms with Crippen LogP contribution in [0.3, 0.4) is 0 Å². The second-order valence-corrected chi connectivity index (χ2v) is 8.30. The SMILES string of the molecule is CCc1ccc(C(=O)N2C[C@@H](C(=O)N3CCCC3)C3(CCOCC3)C2)cc1. The van der Waals surface area contributed by atoms with Gasteiger partial charge in [-0.3, -0.25) is 9.59 Å². The highest BCUT2D eigenvalue weighted by molar-refractivity contribution is 5.95. The predicted octanol–water partition coefficient (Wildman–Crippen LogP) is 2.74. The van der Waals surface area contributed by atoms with E-state index in [0.29, 0.717) is 26.3 Å². The quantitative estimate of drug-likeness (QED) is 0.822. The fourth-order valence-electron chi connectivity index (χ4n) is 4.97. The first kappa shape index (κ1) is 18.5. The van der Waals surface area contributed by atoms with Crippen molar-refractivity contribution in [2.24, 2.45) is 11.3 Å². The van der Waals surface area contributed by atoms with Crippen molar-refractivity contribution in [3.63, 3.8) is 0 Å². The third-order valence-electron chi connectivity index (χ3n) is 6.75. The first-order chi connectivity index (χ1) is 13.1. The Morgan fingerprint density at radius 2 is 1.74 bits per heavy atom. The molecule has 1 spiro atoms. The van der Waals surface area contributed by atoms with Crippen LogP contribution in [0.5, 0.6) is 0 Å². The summed E-state index contributed by atoms with van der Waals surface area (Å²) in [4.78, 5) is 30.3. The maximum Gasteiger partial charge on any atom is 0.253 e. The Hall–Kier alpha value is -1.88. The van der Waals surface area contributed by atoms with Crippen molar-refractivity contribution in [2.45, 2.75) is 39.0 Å². The fourth-order valence-corrected chi connectivity index (χ4v) is 4.97. The average molecular weight is 370 g/mol. The molecule has 0 saturated carbocycles. The van der Waals surface area contributed by atoms with Crippen molar-refractivity contribution >= 4 is 11.8 Å². The monoisotopic (exact) mass is 370 g/mol. The van der Waals surface area contributed by atoms with Gasteiger partial charge < -0.3 is 14.5 Å². The number of rotatable bonds is 3. The Bertz CT molecular complexity index is 688. The summed E-state index contributed by atoms with van der Waals surface area (Å²) in [5.74, 6) is 0.227. The number of carbonyl (C=O) groups excluding carboxylic acids is 2. The van der Waals surface area contributed by atoms with E-state index in [9.17, 15) is 9.59 Å². The predicted molar refractivity (Wildman–Crippen MR) is 104 cm³/mol. The molecule has 2 amide bonds. The molecule has 0 aliphatic carbocycles. The summed E-state index contributed by atoms with van der Waals surface area (Å²) in [5, 5.41) is 0. The topological polar surface area (TPSA) is 49.9 Å². The molecular formula is C22H30N2O3. The Kier molecular flexibility index (Phi) is 5.22. The van der Waals surface area contributed by atoms with Crippen LogP contribution in [0.25, 0.3) is 0 Å². The third-order valence-corrected chi connectivity index (χ3v) is 6.75. The molecule has 0 bridgehead atoms. The number of amides is 2. The minimum Gasteiger partial charge on any atom is -0.381 e. The molecular weight excluding hydrogens is 340 g/mol. The molecule has 1 aromatic rings. The zero-order valence-corrected chi connectivity index (χ0v) is 16.3. The van der Waals surface area contributed by atoms with Gasteiger partial charge in [0.15, 0.2) is 0 Å². The average Bonchev–Trinajstić information content (AvgIpc) is 3.36. The Morgan fingerprint density at radius 1 is 1.07 bits per heavy atom. The van der Waals surface area contributed by atoms with Gasteiger partial charge in [0, 0.05) is 50.4 Å². The lowest BCUT2D eigenvalue weighted by Crippen LogP contribution is -2.45. The molecule has 1 atom stereocenters. The molecule has 3 fully saturated rings. The lowest BCUT2D eigenvalue weighted by Gasteiger charge is -2.38. The van der Waals surface area contributed by atoms with Crippen molar-refractivity contribution in [1.29, 1.82) is 0 Å². The molecule has 5 heteroatoms. The van der Waals surface area contributed by atoms with Crippen LogP contribution in [-0.2, 0) is 16.0 Å². The highest BCUT2D eigenvalue weighted by Gasteiger charge is 2.52. The van der Waals surface area contributed by atoms with Gasteiger partial charge in [0.05, 0.1) is 5.92 Å². The van der Waals surface area contributed by atoms with Gasteiger partial charge in [0.25, 0.3) is 5.91 Å². The molecule has 27 heavy (non-hydrogen) atoms. The van der Waals surface area contributed by atoms with Crippen molar-refractivity contribution in [1.82, 2.24) is 9.80 Å². The number of hydrogen-bond acceptors (Lipinski definition) is 3. The Labute approximate surface area is 161 Å². The van der Waals surface area contributed by atoms with Crippen LogP contribution in [0.15, 0.2) is 24.3 Å². The summed E-state index contributed by atoms with van der Waals surface area (Å²) in [7, 11) is 0. The summed E-state index contributed by atoms with van der Waals surface area (Å²) in [5.41, 5.74) is 1.84. The van der Waals surface area contributed by atoms with Crippen LogP contribution >= 0.6 is 0 Å². The van der Waals surface area contributed by atoms with Crippen LogP contribution in [-0.4, -0.2) is 61.0 Å². The second-order valence-electron chi connectivity index (χ2n) is 8.30. The summed E-state index contributed by atoms with van der Waals surface area (Å²) < 4.78 is 5.59. The van der Waals surface area contributed by atoms with E-state index in [1.54, 1.807) is 0 Å². The van der Waals surface area contributed by atoms with Gasteiger partial charge in [0.1, 0.15) is 0 Å².